The molecule has 0 radical (unpaired) electrons. The highest BCUT2D eigenvalue weighted by atomic mass is 35.5. The van der Waals surface area contributed by atoms with E-state index in [2.05, 4.69) is 0 Å². The topological polar surface area (TPSA) is 89.3 Å². The number of rotatable bonds is 8. The number of nitrogens with zero attached hydrogens (tertiary/aromatic N) is 2. The Labute approximate surface area is 242 Å². The van der Waals surface area contributed by atoms with Crippen LogP contribution in [0.3, 0.4) is 0 Å². The SMILES string of the molecule is CS(=O)(=O)c1ccc(-c2ccc(Cc3nc(-c4ccc(Cl)cc4Cl)cn3Cc3ccc(C(=O)O)cc3)cc2)cc1. The molecular weight excluding hydrogens is 567 g/mol. The second-order valence-corrected chi connectivity index (χ2v) is 12.3. The lowest BCUT2D eigenvalue weighted by molar-refractivity contribution is 0.0697. The first-order valence-corrected chi connectivity index (χ1v) is 14.9. The fourth-order valence-electron chi connectivity index (χ4n) is 4.40. The van der Waals surface area contributed by atoms with Crippen molar-refractivity contribution >= 4 is 39.0 Å². The Hall–Kier alpha value is -3.91. The van der Waals surface area contributed by atoms with Crippen LogP contribution in [0.25, 0.3) is 22.4 Å². The summed E-state index contributed by atoms with van der Waals surface area (Å²) in [5.74, 6) is -0.155. The van der Waals surface area contributed by atoms with Crippen LogP contribution < -0.4 is 0 Å². The van der Waals surface area contributed by atoms with Gasteiger partial charge in [-0.3, -0.25) is 0 Å². The Morgan fingerprint density at radius 1 is 0.850 bits per heavy atom. The molecule has 4 aromatic carbocycles. The minimum Gasteiger partial charge on any atom is -0.478 e. The van der Waals surface area contributed by atoms with Gasteiger partial charge in [0.25, 0.3) is 0 Å². The molecule has 0 unspecified atom stereocenters. The molecule has 1 N–H and O–H groups in total. The van der Waals surface area contributed by atoms with Crippen LogP contribution in [0.15, 0.2) is 102 Å². The average molecular weight is 592 g/mol. The summed E-state index contributed by atoms with van der Waals surface area (Å²) in [4.78, 5) is 16.4. The van der Waals surface area contributed by atoms with E-state index in [0.717, 1.165) is 33.6 Å². The summed E-state index contributed by atoms with van der Waals surface area (Å²) in [6, 6.07) is 26.9. The monoisotopic (exact) mass is 590 g/mol. The number of aromatic nitrogens is 2. The lowest BCUT2D eigenvalue weighted by atomic mass is 10.0. The summed E-state index contributed by atoms with van der Waals surface area (Å²) in [5, 5.41) is 10.3. The number of carbonyl (C=O) groups is 1. The van der Waals surface area contributed by atoms with Crippen LogP contribution in [0.4, 0.5) is 0 Å². The van der Waals surface area contributed by atoms with Crippen LogP contribution in [0.5, 0.6) is 0 Å². The van der Waals surface area contributed by atoms with Crippen molar-refractivity contribution in [3.8, 4) is 22.4 Å². The van der Waals surface area contributed by atoms with E-state index in [1.54, 1.807) is 60.7 Å². The van der Waals surface area contributed by atoms with E-state index >= 15 is 0 Å². The van der Waals surface area contributed by atoms with Crippen LogP contribution in [0.1, 0.15) is 27.3 Å². The number of hydrogen-bond donors (Lipinski definition) is 1. The van der Waals surface area contributed by atoms with Gasteiger partial charge in [-0.1, -0.05) is 71.7 Å². The van der Waals surface area contributed by atoms with Crippen LogP contribution in [0, 0.1) is 0 Å². The number of sulfone groups is 1. The minimum atomic E-state index is -3.25. The molecule has 0 aliphatic carbocycles. The second-order valence-electron chi connectivity index (χ2n) is 9.47. The number of hydrogen-bond acceptors (Lipinski definition) is 4. The van der Waals surface area contributed by atoms with Crippen LogP contribution >= 0.6 is 23.2 Å². The van der Waals surface area contributed by atoms with Crippen molar-refractivity contribution in [1.29, 1.82) is 0 Å². The number of carboxylic acids is 1. The smallest absolute Gasteiger partial charge is 0.335 e. The van der Waals surface area contributed by atoms with Gasteiger partial charge in [-0.05, 0) is 64.7 Å². The van der Waals surface area contributed by atoms with E-state index in [0.29, 0.717) is 28.7 Å². The second kappa shape index (κ2) is 11.3. The summed E-state index contributed by atoms with van der Waals surface area (Å²) in [6.07, 6.45) is 3.68. The summed E-state index contributed by atoms with van der Waals surface area (Å²) < 4.78 is 25.6. The molecule has 0 aliphatic rings. The maximum atomic E-state index is 11.8. The fourth-order valence-corrected chi connectivity index (χ4v) is 5.54. The molecule has 0 aliphatic heterocycles. The van der Waals surface area contributed by atoms with Crippen LogP contribution in [-0.2, 0) is 22.8 Å². The van der Waals surface area contributed by atoms with Gasteiger partial charge in [0.05, 0.1) is 21.2 Å². The third kappa shape index (κ3) is 6.28. The Bertz CT molecular complexity index is 1800. The quantitative estimate of drug-likeness (QED) is 0.205. The van der Waals surface area contributed by atoms with Crippen molar-refractivity contribution in [2.24, 2.45) is 0 Å². The summed E-state index contributed by atoms with van der Waals surface area (Å²) in [7, 11) is -3.25. The van der Waals surface area contributed by atoms with E-state index in [9.17, 15) is 18.3 Å². The lowest BCUT2D eigenvalue weighted by Crippen LogP contribution is -2.05. The molecule has 5 rings (SSSR count). The molecule has 0 spiro atoms. The molecule has 0 fully saturated rings. The highest BCUT2D eigenvalue weighted by molar-refractivity contribution is 7.90. The molecular formula is C31H24Cl2N2O4S. The third-order valence-electron chi connectivity index (χ3n) is 6.55. The van der Waals surface area contributed by atoms with Crippen LogP contribution in [0.2, 0.25) is 10.0 Å². The molecule has 202 valence electrons. The van der Waals surface area contributed by atoms with Crippen molar-refractivity contribution < 1.29 is 18.3 Å². The average Bonchev–Trinajstić information content (AvgIpc) is 3.30. The summed E-state index contributed by atoms with van der Waals surface area (Å²) in [5.41, 5.74) is 5.57. The Morgan fingerprint density at radius 2 is 1.45 bits per heavy atom. The van der Waals surface area contributed by atoms with E-state index in [-0.39, 0.29) is 10.5 Å². The molecule has 9 heteroatoms. The zero-order valence-electron chi connectivity index (χ0n) is 21.4. The molecule has 1 heterocycles. The van der Waals surface area contributed by atoms with Gasteiger partial charge in [0.15, 0.2) is 9.84 Å². The summed E-state index contributed by atoms with van der Waals surface area (Å²) in [6.45, 7) is 0.498. The Morgan fingerprint density at radius 3 is 2.02 bits per heavy atom. The Balaban J connectivity index is 1.44. The molecule has 6 nitrogen and oxygen atoms in total. The largest absolute Gasteiger partial charge is 0.478 e. The van der Waals surface area contributed by atoms with Crippen molar-refractivity contribution in [1.82, 2.24) is 9.55 Å². The van der Waals surface area contributed by atoms with Gasteiger partial charge >= 0.3 is 5.97 Å². The first-order valence-electron chi connectivity index (χ1n) is 12.3. The van der Waals surface area contributed by atoms with E-state index in [1.165, 1.54) is 6.26 Å². The van der Waals surface area contributed by atoms with Gasteiger partial charge in [0.2, 0.25) is 0 Å². The maximum Gasteiger partial charge on any atom is 0.335 e. The highest BCUT2D eigenvalue weighted by Crippen LogP contribution is 2.31. The third-order valence-corrected chi connectivity index (χ3v) is 8.23. The number of benzene rings is 4. The zero-order chi connectivity index (χ0) is 28.4. The number of imidazole rings is 1. The highest BCUT2D eigenvalue weighted by Gasteiger charge is 2.15. The molecule has 0 atom stereocenters. The predicted molar refractivity (Wildman–Crippen MR) is 158 cm³/mol. The molecule has 40 heavy (non-hydrogen) atoms. The van der Waals surface area contributed by atoms with Crippen molar-refractivity contribution in [3.05, 3.63) is 130 Å². The van der Waals surface area contributed by atoms with Crippen LogP contribution in [-0.4, -0.2) is 35.3 Å². The molecule has 0 bridgehead atoms. The van der Waals surface area contributed by atoms with Gasteiger partial charge in [0.1, 0.15) is 5.82 Å². The normalized spacial score (nSPS) is 11.5. The lowest BCUT2D eigenvalue weighted by Gasteiger charge is -2.09. The van der Waals surface area contributed by atoms with Gasteiger partial charge in [-0.25, -0.2) is 18.2 Å². The molecule has 0 amide bonds. The number of aromatic carboxylic acids is 1. The van der Waals surface area contributed by atoms with Gasteiger partial charge in [0, 0.05) is 36.0 Å². The molecule has 1 aromatic heterocycles. The first-order chi connectivity index (χ1) is 19.1. The van der Waals surface area contributed by atoms with E-state index in [4.69, 9.17) is 28.2 Å². The standard InChI is InChI=1S/C31H24Cl2N2O4S/c1-40(38,39)26-13-10-23(11-14-26)22-6-2-20(3-7-22)16-30-34-29(27-15-12-25(32)17-28(27)33)19-35(30)18-21-4-8-24(9-5-21)31(36)37/h2-15,17,19H,16,18H2,1H3,(H,36,37). The van der Waals surface area contributed by atoms with Gasteiger partial charge < -0.3 is 9.67 Å². The van der Waals surface area contributed by atoms with Crippen molar-refractivity contribution in [3.63, 3.8) is 0 Å². The zero-order valence-corrected chi connectivity index (χ0v) is 23.7. The molecule has 5 aromatic rings. The predicted octanol–water partition coefficient (Wildman–Crippen LogP) is 7.26. The van der Waals surface area contributed by atoms with Crippen molar-refractivity contribution in [2.45, 2.75) is 17.9 Å². The Kier molecular flexibility index (Phi) is 7.81. The van der Waals surface area contributed by atoms with Gasteiger partial charge in [-0.15, -0.1) is 0 Å². The molecule has 0 saturated heterocycles. The first kappa shape index (κ1) is 27.6. The van der Waals surface area contributed by atoms with Crippen molar-refractivity contribution in [2.75, 3.05) is 6.26 Å². The van der Waals surface area contributed by atoms with E-state index < -0.39 is 15.8 Å². The molecule has 0 saturated carbocycles. The summed E-state index contributed by atoms with van der Waals surface area (Å²) >= 11 is 12.6. The number of carboxylic acid groups (broad SMARTS) is 1. The maximum absolute atomic E-state index is 11.8. The number of halogens is 2. The minimum absolute atomic E-state index is 0.231. The van der Waals surface area contributed by atoms with E-state index in [1.807, 2.05) is 41.1 Å². The van der Waals surface area contributed by atoms with Gasteiger partial charge in [-0.2, -0.15) is 0 Å². The fraction of sp³-hybridized carbons (Fsp3) is 0.0968.